The zero-order chi connectivity index (χ0) is 17.7. The van der Waals surface area contributed by atoms with E-state index < -0.39 is 0 Å². The minimum absolute atomic E-state index is 0.0643. The van der Waals surface area contributed by atoms with Crippen molar-refractivity contribution in [2.45, 2.75) is 36.5 Å². The van der Waals surface area contributed by atoms with Crippen molar-refractivity contribution in [2.75, 3.05) is 6.61 Å². The van der Waals surface area contributed by atoms with Gasteiger partial charge in [0.25, 0.3) is 0 Å². The molecular formula is C21H24N2OS. The van der Waals surface area contributed by atoms with Crippen LogP contribution in [0.5, 0.6) is 5.75 Å². The van der Waals surface area contributed by atoms with Gasteiger partial charge in [0.1, 0.15) is 5.75 Å². The molecule has 0 radical (unpaired) electrons. The minimum atomic E-state index is -0.0643. The second-order valence-corrected chi connectivity index (χ2v) is 7.63. The summed E-state index contributed by atoms with van der Waals surface area (Å²) >= 11 is 1.84. The molecule has 2 aromatic carbocycles. The highest BCUT2D eigenvalue weighted by Gasteiger charge is 2.33. The van der Waals surface area contributed by atoms with Gasteiger partial charge in [-0.05, 0) is 36.8 Å². The summed E-state index contributed by atoms with van der Waals surface area (Å²) in [6.07, 6.45) is 5.78. The zero-order valence-corrected chi connectivity index (χ0v) is 15.7. The van der Waals surface area contributed by atoms with Crippen LogP contribution in [0.4, 0.5) is 0 Å². The van der Waals surface area contributed by atoms with Crippen molar-refractivity contribution in [3.05, 3.63) is 78.9 Å². The largest absolute Gasteiger partial charge is 0.494 e. The predicted molar refractivity (Wildman–Crippen MR) is 104 cm³/mol. The first kappa shape index (κ1) is 17.6. The van der Waals surface area contributed by atoms with E-state index in [1.807, 2.05) is 49.5 Å². The van der Waals surface area contributed by atoms with Crippen LogP contribution >= 0.6 is 11.8 Å². The molecule has 0 saturated carbocycles. The molecule has 3 rings (SSSR count). The normalized spacial score (nSPS) is 12.8. The maximum Gasteiger partial charge on any atom is 0.119 e. The van der Waals surface area contributed by atoms with Crippen molar-refractivity contribution in [1.82, 2.24) is 9.55 Å². The molecule has 0 amide bonds. The Morgan fingerprint density at radius 3 is 2.40 bits per heavy atom. The van der Waals surface area contributed by atoms with E-state index in [-0.39, 0.29) is 10.8 Å². The third-order valence-corrected chi connectivity index (χ3v) is 5.91. The molecule has 0 saturated heterocycles. The Balaban J connectivity index is 1.90. The smallest absolute Gasteiger partial charge is 0.119 e. The van der Waals surface area contributed by atoms with Crippen LogP contribution in [0.1, 0.15) is 31.7 Å². The molecular weight excluding hydrogens is 328 g/mol. The van der Waals surface area contributed by atoms with Crippen LogP contribution in [0, 0.1) is 0 Å². The van der Waals surface area contributed by atoms with Crippen LogP contribution in [0.25, 0.3) is 0 Å². The third-order valence-electron chi connectivity index (χ3n) is 4.31. The van der Waals surface area contributed by atoms with E-state index in [2.05, 4.69) is 65.9 Å². The molecule has 0 spiro atoms. The number of benzene rings is 2. The zero-order valence-electron chi connectivity index (χ0n) is 14.9. The number of ether oxygens (including phenoxy) is 1. The summed E-state index contributed by atoms with van der Waals surface area (Å²) in [6, 6.07) is 19.0. The van der Waals surface area contributed by atoms with E-state index in [4.69, 9.17) is 4.74 Å². The third kappa shape index (κ3) is 4.07. The van der Waals surface area contributed by atoms with Crippen LogP contribution in [0.2, 0.25) is 0 Å². The monoisotopic (exact) mass is 352 g/mol. The molecule has 0 N–H and O–H groups in total. The molecule has 0 aliphatic rings. The first-order valence-electron chi connectivity index (χ1n) is 8.53. The molecule has 0 aliphatic carbocycles. The summed E-state index contributed by atoms with van der Waals surface area (Å²) in [5.41, 5.74) is 1.25. The van der Waals surface area contributed by atoms with Gasteiger partial charge >= 0.3 is 0 Å². The van der Waals surface area contributed by atoms with Crippen molar-refractivity contribution in [1.29, 1.82) is 0 Å². The van der Waals surface area contributed by atoms with Crippen molar-refractivity contribution in [2.24, 2.45) is 0 Å². The van der Waals surface area contributed by atoms with Crippen LogP contribution in [0.15, 0.2) is 78.2 Å². The van der Waals surface area contributed by atoms with E-state index in [9.17, 15) is 0 Å². The van der Waals surface area contributed by atoms with Gasteiger partial charge in [0.15, 0.2) is 0 Å². The highest BCUT2D eigenvalue weighted by atomic mass is 32.2. The van der Waals surface area contributed by atoms with Crippen molar-refractivity contribution < 1.29 is 4.74 Å². The fraction of sp³-hybridized carbons (Fsp3) is 0.286. The molecule has 0 bridgehead atoms. The minimum Gasteiger partial charge on any atom is -0.494 e. The number of rotatable bonds is 7. The average Bonchev–Trinajstić information content (AvgIpc) is 3.16. The highest BCUT2D eigenvalue weighted by Crippen LogP contribution is 2.45. The maximum absolute atomic E-state index is 5.55. The lowest BCUT2D eigenvalue weighted by Gasteiger charge is -2.35. The van der Waals surface area contributed by atoms with Gasteiger partial charge in [-0.3, -0.25) is 0 Å². The van der Waals surface area contributed by atoms with Gasteiger partial charge in [0.2, 0.25) is 0 Å². The van der Waals surface area contributed by atoms with Crippen LogP contribution in [0.3, 0.4) is 0 Å². The number of aromatic nitrogens is 2. The van der Waals surface area contributed by atoms with Gasteiger partial charge in [-0.25, -0.2) is 4.98 Å². The molecule has 1 aromatic heterocycles. The molecule has 130 valence electrons. The standard InChI is InChI=1S/C21H24N2OS/c1-4-24-18-10-12-19(13-11-18)25-20(23-15-14-22-16-23)21(2,3)17-8-6-5-7-9-17/h5-16,20H,4H2,1-3H3. The van der Waals surface area contributed by atoms with E-state index in [1.165, 1.54) is 10.5 Å². The lowest BCUT2D eigenvalue weighted by Crippen LogP contribution is -2.28. The summed E-state index contributed by atoms with van der Waals surface area (Å²) in [5.74, 6) is 0.911. The van der Waals surface area contributed by atoms with E-state index in [1.54, 1.807) is 0 Å². The fourth-order valence-electron chi connectivity index (χ4n) is 2.91. The van der Waals surface area contributed by atoms with Crippen LogP contribution < -0.4 is 4.74 Å². The summed E-state index contributed by atoms with van der Waals surface area (Å²) < 4.78 is 7.74. The number of hydrogen-bond donors (Lipinski definition) is 0. The fourth-order valence-corrected chi connectivity index (χ4v) is 4.14. The summed E-state index contributed by atoms with van der Waals surface area (Å²) in [4.78, 5) is 5.47. The Labute approximate surface area is 154 Å². The lowest BCUT2D eigenvalue weighted by atomic mass is 9.84. The van der Waals surface area contributed by atoms with E-state index in [0.29, 0.717) is 6.61 Å². The van der Waals surface area contributed by atoms with Gasteiger partial charge in [-0.2, -0.15) is 0 Å². The second-order valence-electron chi connectivity index (χ2n) is 6.47. The summed E-state index contributed by atoms with van der Waals surface area (Å²) in [5, 5.41) is 0.190. The molecule has 4 heteroatoms. The van der Waals surface area contributed by atoms with Crippen LogP contribution in [-0.4, -0.2) is 16.2 Å². The second kappa shape index (κ2) is 7.79. The quantitative estimate of drug-likeness (QED) is 0.522. The van der Waals surface area contributed by atoms with Crippen molar-refractivity contribution in [3.8, 4) is 5.75 Å². The Hall–Kier alpha value is -2.20. The van der Waals surface area contributed by atoms with Gasteiger partial charge in [0.05, 0.1) is 18.3 Å². The summed E-state index contributed by atoms with van der Waals surface area (Å²) in [7, 11) is 0. The SMILES string of the molecule is CCOc1ccc(SC(n2ccnc2)C(C)(C)c2ccccc2)cc1. The Bertz CT molecular complexity index is 767. The molecule has 25 heavy (non-hydrogen) atoms. The molecule has 3 aromatic rings. The van der Waals surface area contributed by atoms with Gasteiger partial charge < -0.3 is 9.30 Å². The topological polar surface area (TPSA) is 27.1 Å². The number of hydrogen-bond acceptors (Lipinski definition) is 3. The van der Waals surface area contributed by atoms with Gasteiger partial charge in [-0.15, -0.1) is 0 Å². The van der Waals surface area contributed by atoms with Crippen LogP contribution in [-0.2, 0) is 5.41 Å². The van der Waals surface area contributed by atoms with E-state index >= 15 is 0 Å². The molecule has 1 unspecified atom stereocenters. The van der Waals surface area contributed by atoms with Crippen molar-refractivity contribution in [3.63, 3.8) is 0 Å². The number of thioether (sulfide) groups is 1. The van der Waals surface area contributed by atoms with Gasteiger partial charge in [-0.1, -0.05) is 55.9 Å². The molecule has 1 heterocycles. The molecule has 0 aliphatic heterocycles. The van der Waals surface area contributed by atoms with Gasteiger partial charge in [0, 0.05) is 22.7 Å². The van der Waals surface area contributed by atoms with Crippen molar-refractivity contribution >= 4 is 11.8 Å². The molecule has 0 fully saturated rings. The Morgan fingerprint density at radius 1 is 1.08 bits per heavy atom. The lowest BCUT2D eigenvalue weighted by molar-refractivity contribution is 0.340. The maximum atomic E-state index is 5.55. The number of imidazole rings is 1. The molecule has 1 atom stereocenters. The first-order valence-corrected chi connectivity index (χ1v) is 9.41. The predicted octanol–water partition coefficient (Wildman–Crippen LogP) is 5.55. The average molecular weight is 353 g/mol. The molecule has 3 nitrogen and oxygen atoms in total. The Kier molecular flexibility index (Phi) is 5.49. The number of nitrogens with zero attached hydrogens (tertiary/aromatic N) is 2. The highest BCUT2D eigenvalue weighted by molar-refractivity contribution is 7.99. The first-order chi connectivity index (χ1) is 12.1. The summed E-state index contributed by atoms with van der Waals surface area (Å²) in [6.45, 7) is 7.26. The Morgan fingerprint density at radius 2 is 1.80 bits per heavy atom. The van der Waals surface area contributed by atoms with E-state index in [0.717, 1.165) is 5.75 Å².